The fourth-order valence-corrected chi connectivity index (χ4v) is 1.40. The molecule has 0 saturated carbocycles. The Labute approximate surface area is 85.5 Å². The number of benzene rings is 1. The zero-order valence-electron chi connectivity index (χ0n) is 8.79. The molecule has 0 bridgehead atoms. The molecule has 0 heterocycles. The fourth-order valence-electron chi connectivity index (χ4n) is 1.40. The molecule has 0 aliphatic carbocycles. The highest BCUT2D eigenvalue weighted by molar-refractivity contribution is 5.92. The summed E-state index contributed by atoms with van der Waals surface area (Å²) in [4.78, 5) is 11.5. The Hall–Kier alpha value is -1.37. The van der Waals surface area contributed by atoms with Crippen LogP contribution in [0.4, 0.5) is 0 Å². The molecule has 0 N–H and O–H groups in total. The molecule has 0 fully saturated rings. The van der Waals surface area contributed by atoms with Crippen molar-refractivity contribution in [3.63, 3.8) is 0 Å². The van der Waals surface area contributed by atoms with Gasteiger partial charge in [0.05, 0.1) is 0 Å². The summed E-state index contributed by atoms with van der Waals surface area (Å²) in [5, 5.41) is 0. The first-order valence-corrected chi connectivity index (χ1v) is 4.93. The lowest BCUT2D eigenvalue weighted by Gasteiger charge is -2.12. The largest absolute Gasteiger partial charge is 0.299 e. The Balaban J connectivity index is 2.81. The van der Waals surface area contributed by atoms with E-state index in [9.17, 15) is 4.79 Å². The van der Waals surface area contributed by atoms with Gasteiger partial charge in [0.2, 0.25) is 0 Å². The van der Waals surface area contributed by atoms with Gasteiger partial charge in [0, 0.05) is 12.3 Å². The molecule has 0 aliphatic heterocycles. The SMILES string of the molecule is C=C(c1ccccc1)C(C)C(=O)CC. The maximum atomic E-state index is 11.5. The minimum atomic E-state index is -0.0672. The summed E-state index contributed by atoms with van der Waals surface area (Å²) in [7, 11) is 0. The van der Waals surface area contributed by atoms with E-state index in [2.05, 4.69) is 6.58 Å². The van der Waals surface area contributed by atoms with Crippen molar-refractivity contribution in [2.24, 2.45) is 5.92 Å². The van der Waals surface area contributed by atoms with Crippen LogP contribution in [0.5, 0.6) is 0 Å². The minimum absolute atomic E-state index is 0.0672. The Morgan fingerprint density at radius 1 is 1.36 bits per heavy atom. The highest BCUT2D eigenvalue weighted by Crippen LogP contribution is 2.22. The maximum Gasteiger partial charge on any atom is 0.139 e. The molecule has 0 aromatic heterocycles. The van der Waals surface area contributed by atoms with Crippen LogP contribution in [0.25, 0.3) is 5.57 Å². The summed E-state index contributed by atoms with van der Waals surface area (Å²) < 4.78 is 0. The molecule has 0 amide bonds. The van der Waals surface area contributed by atoms with Crippen LogP contribution in [0.1, 0.15) is 25.8 Å². The van der Waals surface area contributed by atoms with Crippen molar-refractivity contribution in [2.45, 2.75) is 20.3 Å². The van der Waals surface area contributed by atoms with Crippen molar-refractivity contribution in [2.75, 3.05) is 0 Å². The second-order valence-corrected chi connectivity index (χ2v) is 3.43. The second kappa shape index (κ2) is 4.75. The van der Waals surface area contributed by atoms with Crippen LogP contribution in [0.2, 0.25) is 0 Å². The zero-order chi connectivity index (χ0) is 10.6. The van der Waals surface area contributed by atoms with Gasteiger partial charge in [0.15, 0.2) is 0 Å². The van der Waals surface area contributed by atoms with E-state index in [1.54, 1.807) is 0 Å². The molecule has 0 spiro atoms. The number of carbonyl (C=O) groups excluding carboxylic acids is 1. The maximum absolute atomic E-state index is 11.5. The molecule has 74 valence electrons. The zero-order valence-corrected chi connectivity index (χ0v) is 8.79. The van der Waals surface area contributed by atoms with Crippen molar-refractivity contribution >= 4 is 11.4 Å². The van der Waals surface area contributed by atoms with Gasteiger partial charge >= 0.3 is 0 Å². The van der Waals surface area contributed by atoms with E-state index < -0.39 is 0 Å². The third-order valence-electron chi connectivity index (χ3n) is 2.50. The monoisotopic (exact) mass is 188 g/mol. The smallest absolute Gasteiger partial charge is 0.139 e. The van der Waals surface area contributed by atoms with Gasteiger partial charge in [-0.15, -0.1) is 0 Å². The van der Waals surface area contributed by atoms with Crippen LogP contribution >= 0.6 is 0 Å². The van der Waals surface area contributed by atoms with Gasteiger partial charge < -0.3 is 0 Å². The van der Waals surface area contributed by atoms with Gasteiger partial charge in [-0.3, -0.25) is 4.79 Å². The highest BCUT2D eigenvalue weighted by Gasteiger charge is 2.14. The van der Waals surface area contributed by atoms with E-state index in [4.69, 9.17) is 0 Å². The third-order valence-corrected chi connectivity index (χ3v) is 2.50. The number of rotatable bonds is 4. The Bertz CT molecular complexity index is 324. The van der Waals surface area contributed by atoms with Crippen molar-refractivity contribution < 1.29 is 4.79 Å². The molecule has 1 atom stereocenters. The number of hydrogen-bond donors (Lipinski definition) is 0. The number of carbonyl (C=O) groups is 1. The van der Waals surface area contributed by atoms with Crippen molar-refractivity contribution in [1.29, 1.82) is 0 Å². The van der Waals surface area contributed by atoms with Gasteiger partial charge in [-0.1, -0.05) is 50.8 Å². The van der Waals surface area contributed by atoms with E-state index in [0.29, 0.717) is 6.42 Å². The topological polar surface area (TPSA) is 17.1 Å². The second-order valence-electron chi connectivity index (χ2n) is 3.43. The standard InChI is InChI=1S/C13H16O/c1-4-13(14)11(3)10(2)12-8-6-5-7-9-12/h5-9,11H,2,4H2,1,3H3. The first-order chi connectivity index (χ1) is 6.66. The van der Waals surface area contributed by atoms with Crippen molar-refractivity contribution in [3.8, 4) is 0 Å². The molecule has 1 aromatic rings. The molecule has 1 unspecified atom stereocenters. The molecule has 1 nitrogen and oxygen atoms in total. The molecular formula is C13H16O. The van der Waals surface area contributed by atoms with Crippen LogP contribution in [0, 0.1) is 5.92 Å². The lowest BCUT2D eigenvalue weighted by molar-refractivity contribution is -0.120. The quantitative estimate of drug-likeness (QED) is 0.708. The van der Waals surface area contributed by atoms with Crippen LogP contribution in [0.15, 0.2) is 36.9 Å². The van der Waals surface area contributed by atoms with Crippen LogP contribution < -0.4 is 0 Å². The molecule has 1 aromatic carbocycles. The number of ketones is 1. The molecule has 0 radical (unpaired) electrons. The van der Waals surface area contributed by atoms with E-state index in [1.807, 2.05) is 44.2 Å². The van der Waals surface area contributed by atoms with Crippen LogP contribution in [-0.4, -0.2) is 5.78 Å². The summed E-state index contributed by atoms with van der Waals surface area (Å²) in [6.07, 6.45) is 0.576. The summed E-state index contributed by atoms with van der Waals surface area (Å²) in [6, 6.07) is 9.86. The first kappa shape index (κ1) is 10.7. The summed E-state index contributed by atoms with van der Waals surface area (Å²) >= 11 is 0. The van der Waals surface area contributed by atoms with Gasteiger partial charge in [0.1, 0.15) is 5.78 Å². The first-order valence-electron chi connectivity index (χ1n) is 4.93. The third kappa shape index (κ3) is 2.32. The van der Waals surface area contributed by atoms with Crippen LogP contribution in [-0.2, 0) is 4.79 Å². The Morgan fingerprint density at radius 2 is 1.93 bits per heavy atom. The van der Waals surface area contributed by atoms with Crippen LogP contribution in [0.3, 0.4) is 0 Å². The lowest BCUT2D eigenvalue weighted by Crippen LogP contribution is -2.10. The van der Waals surface area contributed by atoms with E-state index >= 15 is 0 Å². The predicted molar refractivity (Wildman–Crippen MR) is 59.9 cm³/mol. The molecule has 1 heteroatoms. The van der Waals surface area contributed by atoms with Gasteiger partial charge in [-0.2, -0.15) is 0 Å². The number of allylic oxidation sites excluding steroid dienone is 1. The lowest BCUT2D eigenvalue weighted by atomic mass is 9.91. The predicted octanol–water partition coefficient (Wildman–Crippen LogP) is 3.32. The van der Waals surface area contributed by atoms with Gasteiger partial charge in [-0.05, 0) is 11.1 Å². The minimum Gasteiger partial charge on any atom is -0.299 e. The van der Waals surface area contributed by atoms with E-state index in [-0.39, 0.29) is 11.7 Å². The van der Waals surface area contributed by atoms with Crippen molar-refractivity contribution in [3.05, 3.63) is 42.5 Å². The normalized spacial score (nSPS) is 12.1. The molecular weight excluding hydrogens is 172 g/mol. The van der Waals surface area contributed by atoms with Crippen molar-refractivity contribution in [1.82, 2.24) is 0 Å². The van der Waals surface area contributed by atoms with Gasteiger partial charge in [0.25, 0.3) is 0 Å². The highest BCUT2D eigenvalue weighted by atomic mass is 16.1. The van der Waals surface area contributed by atoms with E-state index in [0.717, 1.165) is 11.1 Å². The van der Waals surface area contributed by atoms with Gasteiger partial charge in [-0.25, -0.2) is 0 Å². The summed E-state index contributed by atoms with van der Waals surface area (Å²) in [5.74, 6) is 0.182. The van der Waals surface area contributed by atoms with E-state index in [1.165, 1.54) is 0 Å². The Kier molecular flexibility index (Phi) is 3.63. The molecule has 0 saturated heterocycles. The summed E-state index contributed by atoms with van der Waals surface area (Å²) in [5.41, 5.74) is 1.97. The average Bonchev–Trinajstić information content (AvgIpc) is 2.27. The molecule has 0 aliphatic rings. The Morgan fingerprint density at radius 3 is 2.43 bits per heavy atom. The average molecular weight is 188 g/mol. The fraction of sp³-hybridized carbons (Fsp3) is 0.308. The molecule has 1 rings (SSSR count). The number of hydrogen-bond acceptors (Lipinski definition) is 1. The summed E-state index contributed by atoms with van der Waals surface area (Å²) in [6.45, 7) is 7.78. The number of Topliss-reactive ketones (excluding diaryl/α,β-unsaturated/α-hetero) is 1. The molecule has 14 heavy (non-hydrogen) atoms.